The van der Waals surface area contributed by atoms with E-state index in [0.717, 1.165) is 25.0 Å². The van der Waals surface area contributed by atoms with Crippen molar-refractivity contribution >= 4 is 17.7 Å². The van der Waals surface area contributed by atoms with E-state index in [1.54, 1.807) is 11.8 Å². The zero-order chi connectivity index (χ0) is 13.9. The number of rotatable bonds is 3. The Balaban J connectivity index is 2.16. The molecule has 110 valence electrons. The first-order valence-electron chi connectivity index (χ1n) is 7.57. The molecule has 0 spiro atoms. The number of carboxylic acid groups (broad SMARTS) is 1. The average molecular weight is 285 g/mol. The summed E-state index contributed by atoms with van der Waals surface area (Å²) in [5, 5.41) is 13.4. The maximum Gasteiger partial charge on any atom is 0.325 e. The molecule has 2 fully saturated rings. The minimum atomic E-state index is -0.745. The normalized spacial score (nSPS) is 32.7. The fraction of sp³-hybridized carbons (Fsp3) is 0.933. The maximum absolute atomic E-state index is 12.0. The van der Waals surface area contributed by atoms with Gasteiger partial charge < -0.3 is 5.11 Å². The summed E-state index contributed by atoms with van der Waals surface area (Å²) in [7, 11) is 0. The maximum atomic E-state index is 12.0. The van der Waals surface area contributed by atoms with Crippen LogP contribution in [0.5, 0.6) is 0 Å². The third kappa shape index (κ3) is 3.10. The summed E-state index contributed by atoms with van der Waals surface area (Å²) in [5.74, 6) is 1.12. The van der Waals surface area contributed by atoms with Gasteiger partial charge in [-0.25, -0.2) is 0 Å². The fourth-order valence-corrected chi connectivity index (χ4v) is 5.09. The van der Waals surface area contributed by atoms with Gasteiger partial charge in [0, 0.05) is 11.8 Å². The summed E-state index contributed by atoms with van der Waals surface area (Å²) in [5.41, 5.74) is -0.915. The van der Waals surface area contributed by atoms with Crippen molar-refractivity contribution in [3.8, 4) is 0 Å². The Hall–Kier alpha value is -0.220. The van der Waals surface area contributed by atoms with Crippen molar-refractivity contribution in [3.05, 3.63) is 0 Å². The van der Waals surface area contributed by atoms with Crippen LogP contribution in [-0.4, -0.2) is 34.2 Å². The SMILES string of the molecule is CC1(C)CCSCC1(NC1CCCCCC1)C(=O)O. The lowest BCUT2D eigenvalue weighted by atomic mass is 9.70. The molecule has 2 N–H and O–H groups in total. The Morgan fingerprint density at radius 1 is 1.21 bits per heavy atom. The highest BCUT2D eigenvalue weighted by atomic mass is 32.2. The molecule has 1 unspecified atom stereocenters. The van der Waals surface area contributed by atoms with Crippen LogP contribution < -0.4 is 5.32 Å². The Labute approximate surface area is 120 Å². The monoisotopic (exact) mass is 285 g/mol. The standard InChI is InChI=1S/C15H27NO2S/c1-14(2)9-10-19-11-15(14,13(17)18)16-12-7-5-3-4-6-8-12/h12,16H,3-11H2,1-2H3,(H,17,18). The van der Waals surface area contributed by atoms with E-state index in [-0.39, 0.29) is 5.41 Å². The second-order valence-electron chi connectivity index (χ2n) is 6.73. The van der Waals surface area contributed by atoms with Crippen LogP contribution in [0, 0.1) is 5.41 Å². The lowest BCUT2D eigenvalue weighted by Crippen LogP contribution is -2.67. The van der Waals surface area contributed by atoms with Gasteiger partial charge in [-0.2, -0.15) is 11.8 Å². The molecule has 4 heteroatoms. The molecular weight excluding hydrogens is 258 g/mol. The van der Waals surface area contributed by atoms with Crippen molar-refractivity contribution in [1.82, 2.24) is 5.32 Å². The van der Waals surface area contributed by atoms with Crippen molar-refractivity contribution in [1.29, 1.82) is 0 Å². The van der Waals surface area contributed by atoms with Gasteiger partial charge in [0.1, 0.15) is 5.54 Å². The average Bonchev–Trinajstić information content (AvgIpc) is 2.60. The summed E-state index contributed by atoms with van der Waals surface area (Å²) >= 11 is 1.78. The van der Waals surface area contributed by atoms with Gasteiger partial charge in [0.15, 0.2) is 0 Å². The second-order valence-corrected chi connectivity index (χ2v) is 7.83. The van der Waals surface area contributed by atoms with Crippen molar-refractivity contribution in [2.75, 3.05) is 11.5 Å². The minimum Gasteiger partial charge on any atom is -0.480 e. The van der Waals surface area contributed by atoms with Gasteiger partial charge in [-0.05, 0) is 30.4 Å². The molecule has 2 aliphatic rings. The molecule has 1 heterocycles. The van der Waals surface area contributed by atoms with Gasteiger partial charge in [0.25, 0.3) is 0 Å². The van der Waals surface area contributed by atoms with Crippen LogP contribution in [-0.2, 0) is 4.79 Å². The summed E-state index contributed by atoms with van der Waals surface area (Å²) < 4.78 is 0. The highest BCUT2D eigenvalue weighted by molar-refractivity contribution is 7.99. The molecule has 3 nitrogen and oxygen atoms in total. The Morgan fingerprint density at radius 3 is 2.37 bits per heavy atom. The summed E-state index contributed by atoms with van der Waals surface area (Å²) in [6, 6.07) is 0.386. The topological polar surface area (TPSA) is 49.3 Å². The van der Waals surface area contributed by atoms with Crippen LogP contribution in [0.2, 0.25) is 0 Å². The van der Waals surface area contributed by atoms with E-state index in [9.17, 15) is 9.90 Å². The summed E-state index contributed by atoms with van der Waals surface area (Å²) in [6.45, 7) is 4.23. The summed E-state index contributed by atoms with van der Waals surface area (Å²) in [4.78, 5) is 12.0. The highest BCUT2D eigenvalue weighted by Gasteiger charge is 2.53. The Bertz CT molecular complexity index is 324. The first kappa shape index (κ1) is 15.2. The molecule has 2 rings (SSSR count). The molecule has 1 aliphatic carbocycles. The van der Waals surface area contributed by atoms with Crippen LogP contribution in [0.3, 0.4) is 0 Å². The van der Waals surface area contributed by atoms with E-state index in [1.165, 1.54) is 25.7 Å². The third-order valence-electron chi connectivity index (χ3n) is 5.02. The van der Waals surface area contributed by atoms with Crippen LogP contribution in [0.25, 0.3) is 0 Å². The zero-order valence-corrected chi connectivity index (χ0v) is 13.0. The first-order chi connectivity index (χ1) is 8.98. The fourth-order valence-electron chi connectivity index (χ4n) is 3.38. The largest absolute Gasteiger partial charge is 0.480 e. The van der Waals surface area contributed by atoms with Crippen LogP contribution >= 0.6 is 11.8 Å². The number of hydrogen-bond donors (Lipinski definition) is 2. The summed E-state index contributed by atoms with van der Waals surface area (Å²) in [6.07, 6.45) is 8.32. The molecular formula is C15H27NO2S. The predicted molar refractivity (Wildman–Crippen MR) is 80.7 cm³/mol. The van der Waals surface area contributed by atoms with Crippen LogP contribution in [0.15, 0.2) is 0 Å². The molecule has 19 heavy (non-hydrogen) atoms. The molecule has 1 aliphatic heterocycles. The van der Waals surface area contributed by atoms with Gasteiger partial charge >= 0.3 is 5.97 Å². The van der Waals surface area contributed by atoms with Gasteiger partial charge in [-0.15, -0.1) is 0 Å². The molecule has 0 radical (unpaired) electrons. The Morgan fingerprint density at radius 2 is 1.84 bits per heavy atom. The number of aliphatic carboxylic acids is 1. The zero-order valence-electron chi connectivity index (χ0n) is 12.2. The molecule has 0 aromatic rings. The molecule has 1 saturated heterocycles. The molecule has 0 bridgehead atoms. The molecule has 0 aromatic heterocycles. The van der Waals surface area contributed by atoms with Gasteiger partial charge in [0.2, 0.25) is 0 Å². The van der Waals surface area contributed by atoms with Crippen LogP contribution in [0.1, 0.15) is 58.8 Å². The first-order valence-corrected chi connectivity index (χ1v) is 8.72. The number of hydrogen-bond acceptors (Lipinski definition) is 3. The Kier molecular flexibility index (Phi) is 4.83. The van der Waals surface area contributed by atoms with Crippen molar-refractivity contribution in [3.63, 3.8) is 0 Å². The second kappa shape index (κ2) is 6.04. The number of carboxylic acids is 1. The molecule has 0 amide bonds. The van der Waals surface area contributed by atoms with Gasteiger partial charge in [0.05, 0.1) is 0 Å². The van der Waals surface area contributed by atoms with Crippen molar-refractivity contribution in [2.45, 2.75) is 70.4 Å². The highest BCUT2D eigenvalue weighted by Crippen LogP contribution is 2.43. The quantitative estimate of drug-likeness (QED) is 0.781. The molecule has 1 atom stereocenters. The van der Waals surface area contributed by atoms with E-state index >= 15 is 0 Å². The number of nitrogens with one attached hydrogen (secondary N) is 1. The third-order valence-corrected chi connectivity index (χ3v) is 6.15. The van der Waals surface area contributed by atoms with E-state index < -0.39 is 11.5 Å². The van der Waals surface area contributed by atoms with Crippen molar-refractivity contribution < 1.29 is 9.90 Å². The smallest absolute Gasteiger partial charge is 0.325 e. The van der Waals surface area contributed by atoms with E-state index in [0.29, 0.717) is 11.8 Å². The van der Waals surface area contributed by atoms with E-state index in [4.69, 9.17) is 0 Å². The molecule has 1 saturated carbocycles. The van der Waals surface area contributed by atoms with Crippen molar-refractivity contribution in [2.24, 2.45) is 5.41 Å². The number of carbonyl (C=O) groups is 1. The van der Waals surface area contributed by atoms with Gasteiger partial charge in [-0.1, -0.05) is 39.5 Å². The predicted octanol–water partition coefficient (Wildman–Crippen LogP) is 3.29. The van der Waals surface area contributed by atoms with E-state index in [2.05, 4.69) is 19.2 Å². The number of thioether (sulfide) groups is 1. The lowest BCUT2D eigenvalue weighted by molar-refractivity contribution is -0.150. The van der Waals surface area contributed by atoms with E-state index in [1.807, 2.05) is 0 Å². The van der Waals surface area contributed by atoms with Crippen LogP contribution in [0.4, 0.5) is 0 Å². The lowest BCUT2D eigenvalue weighted by Gasteiger charge is -2.49. The molecule has 0 aromatic carbocycles. The van der Waals surface area contributed by atoms with Gasteiger partial charge in [-0.3, -0.25) is 10.1 Å². The minimum absolute atomic E-state index is 0.170.